The van der Waals surface area contributed by atoms with E-state index in [-0.39, 0.29) is 5.82 Å². The molecule has 0 unspecified atom stereocenters. The van der Waals surface area contributed by atoms with E-state index in [0.29, 0.717) is 18.2 Å². The highest BCUT2D eigenvalue weighted by Gasteiger charge is 2.11. The van der Waals surface area contributed by atoms with Gasteiger partial charge < -0.3 is 10.1 Å². The lowest BCUT2D eigenvalue weighted by atomic mass is 10.1. The van der Waals surface area contributed by atoms with E-state index in [9.17, 15) is 4.39 Å². The molecule has 1 heterocycles. The number of nitrogens with zero attached hydrogens (tertiary/aromatic N) is 1. The molecule has 3 nitrogen and oxygen atoms in total. The minimum absolute atomic E-state index is 0.277. The van der Waals surface area contributed by atoms with Crippen LogP contribution in [-0.4, -0.2) is 11.5 Å². The van der Waals surface area contributed by atoms with Gasteiger partial charge in [-0.3, -0.25) is 0 Å². The molecule has 0 aliphatic carbocycles. The zero-order valence-electron chi connectivity index (χ0n) is 12.7. The number of pyridine rings is 1. The van der Waals surface area contributed by atoms with E-state index < -0.39 is 0 Å². The van der Waals surface area contributed by atoms with Gasteiger partial charge in [-0.1, -0.05) is 6.92 Å². The fraction of sp³-hybridized carbons (Fsp3) is 0.353. The van der Waals surface area contributed by atoms with Crippen molar-refractivity contribution in [2.75, 3.05) is 6.54 Å². The van der Waals surface area contributed by atoms with Gasteiger partial charge >= 0.3 is 0 Å². The van der Waals surface area contributed by atoms with Crippen LogP contribution in [0.4, 0.5) is 4.39 Å². The fourth-order valence-corrected chi connectivity index (χ4v) is 2.13. The quantitative estimate of drug-likeness (QED) is 0.812. The van der Waals surface area contributed by atoms with Crippen LogP contribution in [0.15, 0.2) is 30.3 Å². The molecule has 1 aromatic heterocycles. The van der Waals surface area contributed by atoms with Crippen LogP contribution in [0, 0.1) is 19.7 Å². The summed E-state index contributed by atoms with van der Waals surface area (Å²) in [5, 5.41) is 3.37. The molecule has 0 aliphatic rings. The molecule has 0 fully saturated rings. The van der Waals surface area contributed by atoms with Gasteiger partial charge in [0, 0.05) is 17.8 Å². The van der Waals surface area contributed by atoms with Crippen LogP contribution in [0.2, 0.25) is 0 Å². The Bertz CT molecular complexity index is 596. The summed E-state index contributed by atoms with van der Waals surface area (Å²) in [5.74, 6) is 0.897. The van der Waals surface area contributed by atoms with E-state index in [4.69, 9.17) is 4.74 Å². The Labute approximate surface area is 125 Å². The predicted octanol–water partition coefficient (Wildman–Crippen LogP) is 4.13. The van der Waals surface area contributed by atoms with Crippen LogP contribution in [0.25, 0.3) is 0 Å². The summed E-state index contributed by atoms with van der Waals surface area (Å²) in [7, 11) is 0. The molecule has 112 valence electrons. The molecule has 0 atom stereocenters. The van der Waals surface area contributed by atoms with Crippen molar-refractivity contribution in [2.45, 2.75) is 33.7 Å². The molecular weight excluding hydrogens is 267 g/mol. The monoisotopic (exact) mass is 288 g/mol. The van der Waals surface area contributed by atoms with E-state index in [1.165, 1.54) is 12.1 Å². The minimum atomic E-state index is -0.277. The number of aromatic nitrogens is 1. The highest BCUT2D eigenvalue weighted by Crippen LogP contribution is 2.26. The third-order valence-electron chi connectivity index (χ3n) is 3.19. The molecule has 2 aromatic rings. The van der Waals surface area contributed by atoms with Gasteiger partial charge in [-0.2, -0.15) is 0 Å². The fourth-order valence-electron chi connectivity index (χ4n) is 2.13. The maximum atomic E-state index is 13.0. The van der Waals surface area contributed by atoms with Gasteiger partial charge in [0.15, 0.2) is 0 Å². The average molecular weight is 288 g/mol. The number of hydrogen-bond donors (Lipinski definition) is 1. The Morgan fingerprint density at radius 1 is 1.19 bits per heavy atom. The number of ether oxygens (including phenoxy) is 1. The van der Waals surface area contributed by atoms with E-state index in [0.717, 1.165) is 29.8 Å². The zero-order chi connectivity index (χ0) is 15.2. The number of nitrogens with one attached hydrogen (secondary N) is 1. The molecule has 2 rings (SSSR count). The van der Waals surface area contributed by atoms with Crippen molar-refractivity contribution in [2.24, 2.45) is 0 Å². The van der Waals surface area contributed by atoms with Crippen LogP contribution < -0.4 is 10.1 Å². The first-order valence-electron chi connectivity index (χ1n) is 7.21. The van der Waals surface area contributed by atoms with Gasteiger partial charge in [0.1, 0.15) is 11.6 Å². The molecule has 0 saturated heterocycles. The lowest BCUT2D eigenvalue weighted by Crippen LogP contribution is -2.16. The minimum Gasteiger partial charge on any atom is -0.439 e. The van der Waals surface area contributed by atoms with Crippen molar-refractivity contribution in [1.29, 1.82) is 0 Å². The van der Waals surface area contributed by atoms with Crippen molar-refractivity contribution in [3.63, 3.8) is 0 Å². The summed E-state index contributed by atoms with van der Waals surface area (Å²) >= 11 is 0. The van der Waals surface area contributed by atoms with Gasteiger partial charge in [-0.15, -0.1) is 0 Å². The van der Waals surface area contributed by atoms with E-state index in [2.05, 4.69) is 24.1 Å². The highest BCUT2D eigenvalue weighted by atomic mass is 19.1. The molecule has 4 heteroatoms. The van der Waals surface area contributed by atoms with Crippen LogP contribution >= 0.6 is 0 Å². The lowest BCUT2D eigenvalue weighted by Gasteiger charge is -2.14. The Morgan fingerprint density at radius 3 is 2.57 bits per heavy atom. The van der Waals surface area contributed by atoms with Crippen molar-refractivity contribution < 1.29 is 9.13 Å². The second kappa shape index (κ2) is 7.18. The second-order valence-corrected chi connectivity index (χ2v) is 5.10. The smallest absolute Gasteiger partial charge is 0.224 e. The second-order valence-electron chi connectivity index (χ2n) is 5.10. The Hall–Kier alpha value is -1.94. The summed E-state index contributed by atoms with van der Waals surface area (Å²) in [5.41, 5.74) is 3.09. The molecule has 0 aliphatic heterocycles. The SMILES string of the molecule is CCCNCc1c(C)cc(C)nc1Oc1ccc(F)cc1. The average Bonchev–Trinajstić information content (AvgIpc) is 2.44. The summed E-state index contributed by atoms with van der Waals surface area (Å²) in [6, 6.07) is 8.02. The van der Waals surface area contributed by atoms with Crippen LogP contribution in [-0.2, 0) is 6.54 Å². The predicted molar refractivity (Wildman–Crippen MR) is 82.2 cm³/mol. The topological polar surface area (TPSA) is 34.2 Å². The van der Waals surface area contributed by atoms with Crippen molar-refractivity contribution in [3.8, 4) is 11.6 Å². The number of rotatable bonds is 6. The number of halogens is 1. The van der Waals surface area contributed by atoms with Crippen LogP contribution in [0.1, 0.15) is 30.2 Å². The molecular formula is C17H21FN2O. The normalized spacial score (nSPS) is 10.7. The van der Waals surface area contributed by atoms with Crippen molar-refractivity contribution in [3.05, 3.63) is 53.0 Å². The first-order valence-corrected chi connectivity index (χ1v) is 7.21. The molecule has 1 aromatic carbocycles. The molecule has 0 radical (unpaired) electrons. The molecule has 21 heavy (non-hydrogen) atoms. The number of aryl methyl sites for hydroxylation is 2. The summed E-state index contributed by atoms with van der Waals surface area (Å²) in [4.78, 5) is 4.47. The lowest BCUT2D eigenvalue weighted by molar-refractivity contribution is 0.449. The first kappa shape index (κ1) is 15.4. The summed E-state index contributed by atoms with van der Waals surface area (Å²) < 4.78 is 18.8. The Morgan fingerprint density at radius 2 is 1.90 bits per heavy atom. The van der Waals surface area contributed by atoms with E-state index in [1.807, 2.05) is 13.0 Å². The molecule has 0 spiro atoms. The maximum absolute atomic E-state index is 13.0. The maximum Gasteiger partial charge on any atom is 0.224 e. The van der Waals surface area contributed by atoms with Crippen molar-refractivity contribution >= 4 is 0 Å². The van der Waals surface area contributed by atoms with Crippen molar-refractivity contribution in [1.82, 2.24) is 10.3 Å². The van der Waals surface area contributed by atoms with E-state index >= 15 is 0 Å². The Kier molecular flexibility index (Phi) is 5.28. The largest absolute Gasteiger partial charge is 0.439 e. The van der Waals surface area contributed by atoms with Gasteiger partial charge in [-0.05, 0) is 62.7 Å². The third-order valence-corrected chi connectivity index (χ3v) is 3.19. The highest BCUT2D eigenvalue weighted by molar-refractivity contribution is 5.38. The number of benzene rings is 1. The molecule has 0 amide bonds. The molecule has 0 bridgehead atoms. The number of hydrogen-bond acceptors (Lipinski definition) is 3. The van der Waals surface area contributed by atoms with Gasteiger partial charge in [-0.25, -0.2) is 9.37 Å². The van der Waals surface area contributed by atoms with Crippen LogP contribution in [0.3, 0.4) is 0 Å². The van der Waals surface area contributed by atoms with Gasteiger partial charge in [0.2, 0.25) is 5.88 Å². The first-order chi connectivity index (χ1) is 10.1. The standard InChI is InChI=1S/C17H21FN2O/c1-4-9-19-11-16-12(2)10-13(3)20-17(16)21-15-7-5-14(18)6-8-15/h5-8,10,19H,4,9,11H2,1-3H3. The Balaban J connectivity index is 2.25. The van der Waals surface area contributed by atoms with Crippen LogP contribution in [0.5, 0.6) is 11.6 Å². The molecule has 1 N–H and O–H groups in total. The summed E-state index contributed by atoms with van der Waals surface area (Å²) in [6.45, 7) is 7.78. The third kappa shape index (κ3) is 4.26. The molecule has 0 saturated carbocycles. The zero-order valence-corrected chi connectivity index (χ0v) is 12.7. The van der Waals surface area contributed by atoms with E-state index in [1.54, 1.807) is 12.1 Å². The van der Waals surface area contributed by atoms with Gasteiger partial charge in [0.05, 0.1) is 0 Å². The summed E-state index contributed by atoms with van der Waals surface area (Å²) in [6.07, 6.45) is 1.08. The van der Waals surface area contributed by atoms with Gasteiger partial charge in [0.25, 0.3) is 0 Å².